The first-order valence-corrected chi connectivity index (χ1v) is 7.76. The Hall–Kier alpha value is -1.10. The van der Waals surface area contributed by atoms with Crippen LogP contribution in [-0.2, 0) is 9.59 Å². The van der Waals surface area contributed by atoms with Crippen molar-refractivity contribution in [3.8, 4) is 0 Å². The van der Waals surface area contributed by atoms with Crippen molar-refractivity contribution in [1.82, 2.24) is 15.5 Å². The third-order valence-electron chi connectivity index (χ3n) is 4.02. The number of nitrogens with zero attached hydrogens (tertiary/aromatic N) is 1. The van der Waals surface area contributed by atoms with Crippen LogP contribution < -0.4 is 10.6 Å². The first-order chi connectivity index (χ1) is 9.54. The van der Waals surface area contributed by atoms with Gasteiger partial charge in [-0.15, -0.1) is 0 Å². The molecule has 0 aromatic heterocycles. The topological polar surface area (TPSA) is 61.4 Å². The van der Waals surface area contributed by atoms with E-state index in [0.29, 0.717) is 24.8 Å². The number of nitrogens with one attached hydrogen (secondary N) is 2. The fraction of sp³-hybridized carbons (Fsp3) is 0.867. The quantitative estimate of drug-likeness (QED) is 0.732. The predicted molar refractivity (Wildman–Crippen MR) is 80.3 cm³/mol. The van der Waals surface area contributed by atoms with Crippen molar-refractivity contribution in [2.45, 2.75) is 39.5 Å². The van der Waals surface area contributed by atoms with Gasteiger partial charge in [0.25, 0.3) is 0 Å². The lowest BCUT2D eigenvalue weighted by molar-refractivity contribution is -0.135. The highest BCUT2D eigenvalue weighted by Crippen LogP contribution is 2.22. The number of amides is 2. The lowest BCUT2D eigenvalue weighted by Gasteiger charge is -2.29. The lowest BCUT2D eigenvalue weighted by atomic mass is 9.85. The van der Waals surface area contributed by atoms with Crippen molar-refractivity contribution in [3.63, 3.8) is 0 Å². The molecule has 1 rings (SSSR count). The van der Waals surface area contributed by atoms with E-state index in [4.69, 9.17) is 0 Å². The van der Waals surface area contributed by atoms with Gasteiger partial charge < -0.3 is 15.5 Å². The van der Waals surface area contributed by atoms with Gasteiger partial charge in [0.1, 0.15) is 0 Å². The normalized spacial score (nSPS) is 20.2. The van der Waals surface area contributed by atoms with E-state index in [2.05, 4.69) is 17.6 Å². The number of likely N-dealkylation sites (N-methyl/N-ethyl adjacent to an activating group) is 1. The molecule has 1 heterocycles. The predicted octanol–water partition coefficient (Wildman–Crippen LogP) is 0.997. The van der Waals surface area contributed by atoms with Crippen molar-refractivity contribution in [2.24, 2.45) is 11.8 Å². The minimum Gasteiger partial charge on any atom is -0.355 e. The molecule has 2 N–H and O–H groups in total. The highest BCUT2D eigenvalue weighted by atomic mass is 16.2. The van der Waals surface area contributed by atoms with Crippen molar-refractivity contribution in [3.05, 3.63) is 0 Å². The average Bonchev–Trinajstić information content (AvgIpc) is 2.45. The van der Waals surface area contributed by atoms with Crippen molar-refractivity contribution < 1.29 is 9.59 Å². The Morgan fingerprint density at radius 2 is 2.20 bits per heavy atom. The second kappa shape index (κ2) is 8.95. The molecule has 0 bridgehead atoms. The van der Waals surface area contributed by atoms with Gasteiger partial charge >= 0.3 is 0 Å². The van der Waals surface area contributed by atoms with E-state index in [0.717, 1.165) is 19.5 Å². The molecule has 1 aliphatic heterocycles. The Kier molecular flexibility index (Phi) is 7.59. The molecule has 5 nitrogen and oxygen atoms in total. The average molecular weight is 283 g/mol. The van der Waals surface area contributed by atoms with Gasteiger partial charge in [-0.1, -0.05) is 13.8 Å². The molecule has 2 unspecified atom stereocenters. The van der Waals surface area contributed by atoms with Crippen LogP contribution in [0.25, 0.3) is 0 Å². The molecule has 2 amide bonds. The van der Waals surface area contributed by atoms with Crippen molar-refractivity contribution >= 4 is 11.8 Å². The number of piperidine rings is 1. The SMILES string of the molecule is CCCNC(=O)CN(C)C(=O)CC(C)C1CCCNC1. The third-order valence-corrected chi connectivity index (χ3v) is 4.02. The zero-order valence-corrected chi connectivity index (χ0v) is 13.1. The standard InChI is InChI=1S/C15H29N3O2/c1-4-7-17-14(19)11-18(3)15(20)9-12(2)13-6-5-8-16-10-13/h12-13,16H,4-11H2,1-3H3,(H,17,19). The van der Waals surface area contributed by atoms with E-state index in [1.165, 1.54) is 17.7 Å². The number of hydrogen-bond donors (Lipinski definition) is 2. The van der Waals surface area contributed by atoms with E-state index in [9.17, 15) is 9.59 Å². The van der Waals surface area contributed by atoms with Crippen LogP contribution in [0.4, 0.5) is 0 Å². The molecule has 0 spiro atoms. The van der Waals surface area contributed by atoms with E-state index >= 15 is 0 Å². The van der Waals surface area contributed by atoms with Crippen LogP contribution in [0, 0.1) is 11.8 Å². The molecule has 2 atom stereocenters. The maximum absolute atomic E-state index is 12.1. The first-order valence-electron chi connectivity index (χ1n) is 7.76. The minimum absolute atomic E-state index is 0.0646. The maximum Gasteiger partial charge on any atom is 0.239 e. The lowest BCUT2D eigenvalue weighted by Crippen LogP contribution is -2.40. The molecule has 1 fully saturated rings. The summed E-state index contributed by atoms with van der Waals surface area (Å²) in [7, 11) is 1.71. The summed E-state index contributed by atoms with van der Waals surface area (Å²) >= 11 is 0. The Labute approximate surface area is 122 Å². The maximum atomic E-state index is 12.1. The Morgan fingerprint density at radius 1 is 1.45 bits per heavy atom. The fourth-order valence-corrected chi connectivity index (χ4v) is 2.59. The number of carbonyl (C=O) groups excluding carboxylic acids is 2. The molecule has 0 radical (unpaired) electrons. The van der Waals surface area contributed by atoms with Gasteiger partial charge in [-0.3, -0.25) is 9.59 Å². The zero-order valence-electron chi connectivity index (χ0n) is 13.1. The smallest absolute Gasteiger partial charge is 0.239 e. The molecular weight excluding hydrogens is 254 g/mol. The molecule has 1 aliphatic rings. The van der Waals surface area contributed by atoms with Gasteiger partial charge in [-0.2, -0.15) is 0 Å². The highest BCUT2D eigenvalue weighted by molar-refractivity contribution is 5.84. The molecule has 0 aromatic carbocycles. The molecular formula is C15H29N3O2. The number of carbonyl (C=O) groups is 2. The van der Waals surface area contributed by atoms with E-state index in [1.54, 1.807) is 7.05 Å². The van der Waals surface area contributed by atoms with Crippen LogP contribution >= 0.6 is 0 Å². The fourth-order valence-electron chi connectivity index (χ4n) is 2.59. The largest absolute Gasteiger partial charge is 0.355 e. The van der Waals surface area contributed by atoms with Gasteiger partial charge in [-0.25, -0.2) is 0 Å². The molecule has 0 aromatic rings. The van der Waals surface area contributed by atoms with Gasteiger partial charge in [-0.05, 0) is 44.2 Å². The van der Waals surface area contributed by atoms with E-state index in [-0.39, 0.29) is 18.4 Å². The summed E-state index contributed by atoms with van der Waals surface area (Å²) in [5.74, 6) is 0.941. The van der Waals surface area contributed by atoms with Crippen LogP contribution in [-0.4, -0.2) is 49.9 Å². The second-order valence-electron chi connectivity index (χ2n) is 5.89. The summed E-state index contributed by atoms with van der Waals surface area (Å²) < 4.78 is 0. The summed E-state index contributed by atoms with van der Waals surface area (Å²) in [6.45, 7) is 7.08. The van der Waals surface area contributed by atoms with E-state index in [1.807, 2.05) is 6.92 Å². The Balaban J connectivity index is 2.31. The highest BCUT2D eigenvalue weighted by Gasteiger charge is 2.23. The Bertz CT molecular complexity index is 314. The molecule has 0 saturated carbocycles. The summed E-state index contributed by atoms with van der Waals surface area (Å²) in [6.07, 6.45) is 3.83. The minimum atomic E-state index is -0.0744. The molecule has 5 heteroatoms. The van der Waals surface area contributed by atoms with Crippen molar-refractivity contribution in [1.29, 1.82) is 0 Å². The zero-order chi connectivity index (χ0) is 15.0. The third kappa shape index (κ3) is 5.90. The molecule has 116 valence electrons. The first kappa shape index (κ1) is 17.0. The van der Waals surface area contributed by atoms with Crippen LogP contribution in [0.2, 0.25) is 0 Å². The summed E-state index contributed by atoms with van der Waals surface area (Å²) in [5, 5.41) is 6.18. The van der Waals surface area contributed by atoms with E-state index < -0.39 is 0 Å². The number of hydrogen-bond acceptors (Lipinski definition) is 3. The molecule has 1 saturated heterocycles. The molecule has 0 aliphatic carbocycles. The van der Waals surface area contributed by atoms with Gasteiger partial charge in [0.2, 0.25) is 11.8 Å². The van der Waals surface area contributed by atoms with Crippen molar-refractivity contribution in [2.75, 3.05) is 33.2 Å². The second-order valence-corrected chi connectivity index (χ2v) is 5.89. The Morgan fingerprint density at radius 3 is 2.80 bits per heavy atom. The molecule has 20 heavy (non-hydrogen) atoms. The summed E-state index contributed by atoms with van der Waals surface area (Å²) in [4.78, 5) is 25.3. The number of rotatable bonds is 7. The van der Waals surface area contributed by atoms with Gasteiger partial charge in [0, 0.05) is 20.0 Å². The monoisotopic (exact) mass is 283 g/mol. The van der Waals surface area contributed by atoms with Crippen LogP contribution in [0.3, 0.4) is 0 Å². The van der Waals surface area contributed by atoms with Crippen LogP contribution in [0.1, 0.15) is 39.5 Å². The van der Waals surface area contributed by atoms with Gasteiger partial charge in [0.15, 0.2) is 0 Å². The van der Waals surface area contributed by atoms with Gasteiger partial charge in [0.05, 0.1) is 6.54 Å². The van der Waals surface area contributed by atoms with Crippen LogP contribution in [0.15, 0.2) is 0 Å². The summed E-state index contributed by atoms with van der Waals surface area (Å²) in [5.41, 5.74) is 0. The van der Waals surface area contributed by atoms with Crippen LogP contribution in [0.5, 0.6) is 0 Å². The summed E-state index contributed by atoms with van der Waals surface area (Å²) in [6, 6.07) is 0.